The first-order valence-corrected chi connectivity index (χ1v) is 6.51. The second kappa shape index (κ2) is 4.22. The van der Waals surface area contributed by atoms with Gasteiger partial charge in [0, 0.05) is 5.54 Å². The number of imidazole rings is 1. The third kappa shape index (κ3) is 2.72. The molecule has 0 saturated heterocycles. The van der Waals surface area contributed by atoms with Gasteiger partial charge >= 0.3 is 5.69 Å². The number of hydrogen-bond donors (Lipinski definition) is 1. The van der Waals surface area contributed by atoms with Crippen molar-refractivity contribution in [3.05, 3.63) is 34.5 Å². The first-order chi connectivity index (χ1) is 8.60. The van der Waals surface area contributed by atoms with E-state index in [1.54, 1.807) is 10.6 Å². The van der Waals surface area contributed by atoms with Crippen molar-refractivity contribution < 1.29 is 4.39 Å². The summed E-state index contributed by atoms with van der Waals surface area (Å²) in [5.41, 5.74) is 0.889. The van der Waals surface area contributed by atoms with E-state index in [4.69, 9.17) is 0 Å². The second-order valence-corrected chi connectivity index (χ2v) is 6.98. The maximum Gasteiger partial charge on any atom is 0.326 e. The SMILES string of the molecule is CC(C)(C)CC(C)(C)n1c(=O)[nH]c2cc(F)ccc21. The molecule has 3 nitrogen and oxygen atoms in total. The number of rotatable bonds is 2. The van der Waals surface area contributed by atoms with E-state index in [2.05, 4.69) is 25.8 Å². The Morgan fingerprint density at radius 1 is 1.21 bits per heavy atom. The summed E-state index contributed by atoms with van der Waals surface area (Å²) in [5.74, 6) is -0.338. The number of H-pyrrole nitrogens is 1. The lowest BCUT2D eigenvalue weighted by molar-refractivity contribution is 0.215. The summed E-state index contributed by atoms with van der Waals surface area (Å²) in [5, 5.41) is 0. The number of benzene rings is 1. The second-order valence-electron chi connectivity index (χ2n) is 6.98. The Labute approximate surface area is 112 Å². The lowest BCUT2D eigenvalue weighted by Gasteiger charge is -2.33. The van der Waals surface area contributed by atoms with Crippen LogP contribution in [0.5, 0.6) is 0 Å². The molecule has 0 aliphatic heterocycles. The fraction of sp³-hybridized carbons (Fsp3) is 0.533. The third-order valence-electron chi connectivity index (χ3n) is 3.21. The van der Waals surface area contributed by atoms with E-state index in [1.165, 1.54) is 12.1 Å². The summed E-state index contributed by atoms with van der Waals surface area (Å²) in [7, 11) is 0. The van der Waals surface area contributed by atoms with Crippen LogP contribution in [0.3, 0.4) is 0 Å². The molecule has 0 fully saturated rings. The van der Waals surface area contributed by atoms with Gasteiger partial charge in [-0.05, 0) is 43.9 Å². The average Bonchev–Trinajstić information content (AvgIpc) is 2.49. The molecule has 0 atom stereocenters. The highest BCUT2D eigenvalue weighted by atomic mass is 19.1. The molecular formula is C15H21FN2O. The Kier molecular flexibility index (Phi) is 3.07. The Morgan fingerprint density at radius 2 is 1.84 bits per heavy atom. The van der Waals surface area contributed by atoms with Gasteiger partial charge in [0.1, 0.15) is 5.82 Å². The predicted octanol–water partition coefficient (Wildman–Crippen LogP) is 3.64. The van der Waals surface area contributed by atoms with Gasteiger partial charge in [-0.2, -0.15) is 0 Å². The van der Waals surface area contributed by atoms with E-state index in [9.17, 15) is 9.18 Å². The first-order valence-electron chi connectivity index (χ1n) is 6.51. The molecule has 2 aromatic rings. The molecule has 1 aromatic heterocycles. The fourth-order valence-corrected chi connectivity index (χ4v) is 3.06. The summed E-state index contributed by atoms with van der Waals surface area (Å²) < 4.78 is 14.9. The number of fused-ring (bicyclic) bond motifs is 1. The van der Waals surface area contributed by atoms with E-state index < -0.39 is 0 Å². The molecule has 0 spiro atoms. The van der Waals surface area contributed by atoms with Gasteiger partial charge in [-0.1, -0.05) is 20.8 Å². The van der Waals surface area contributed by atoms with Crippen LogP contribution in [0.4, 0.5) is 4.39 Å². The molecule has 4 heteroatoms. The van der Waals surface area contributed by atoms with Crippen LogP contribution in [0.1, 0.15) is 41.0 Å². The molecule has 1 N–H and O–H groups in total. The monoisotopic (exact) mass is 264 g/mol. The van der Waals surface area contributed by atoms with E-state index in [0.717, 1.165) is 11.9 Å². The maximum absolute atomic E-state index is 13.2. The number of nitrogens with zero attached hydrogens (tertiary/aromatic N) is 1. The highest BCUT2D eigenvalue weighted by molar-refractivity contribution is 5.75. The fourth-order valence-electron chi connectivity index (χ4n) is 3.06. The molecule has 0 bridgehead atoms. The summed E-state index contributed by atoms with van der Waals surface area (Å²) in [6, 6.07) is 4.41. The molecule has 19 heavy (non-hydrogen) atoms. The molecule has 0 saturated carbocycles. The Hall–Kier alpha value is -1.58. The van der Waals surface area contributed by atoms with Crippen molar-refractivity contribution >= 4 is 11.0 Å². The van der Waals surface area contributed by atoms with Crippen molar-refractivity contribution in [3.63, 3.8) is 0 Å². The third-order valence-corrected chi connectivity index (χ3v) is 3.21. The summed E-state index contributed by atoms with van der Waals surface area (Å²) >= 11 is 0. The van der Waals surface area contributed by atoms with Crippen LogP contribution < -0.4 is 5.69 Å². The van der Waals surface area contributed by atoms with E-state index in [-0.39, 0.29) is 22.5 Å². The van der Waals surface area contributed by atoms with Crippen molar-refractivity contribution in [2.75, 3.05) is 0 Å². The minimum absolute atomic E-state index is 0.104. The van der Waals surface area contributed by atoms with Gasteiger partial charge in [0.25, 0.3) is 0 Å². The number of hydrogen-bond acceptors (Lipinski definition) is 1. The quantitative estimate of drug-likeness (QED) is 0.883. The van der Waals surface area contributed by atoms with Crippen molar-refractivity contribution in [2.45, 2.75) is 46.6 Å². The molecule has 104 valence electrons. The van der Waals surface area contributed by atoms with Gasteiger partial charge < -0.3 is 4.98 Å². The topological polar surface area (TPSA) is 37.8 Å². The van der Waals surface area contributed by atoms with Crippen LogP contribution in [-0.4, -0.2) is 9.55 Å². The van der Waals surface area contributed by atoms with Crippen LogP contribution >= 0.6 is 0 Å². The molecule has 0 unspecified atom stereocenters. The van der Waals surface area contributed by atoms with Crippen LogP contribution in [0.2, 0.25) is 0 Å². The van der Waals surface area contributed by atoms with Crippen molar-refractivity contribution in [2.24, 2.45) is 5.41 Å². The maximum atomic E-state index is 13.2. The molecule has 0 aliphatic carbocycles. The molecule has 1 heterocycles. The van der Waals surface area contributed by atoms with Crippen molar-refractivity contribution in [1.29, 1.82) is 0 Å². The van der Waals surface area contributed by atoms with Crippen molar-refractivity contribution in [3.8, 4) is 0 Å². The van der Waals surface area contributed by atoms with Gasteiger partial charge in [0.2, 0.25) is 0 Å². The summed E-state index contributed by atoms with van der Waals surface area (Å²) in [6.07, 6.45) is 0.851. The van der Waals surface area contributed by atoms with Crippen LogP contribution in [-0.2, 0) is 5.54 Å². The smallest absolute Gasteiger partial charge is 0.305 e. The zero-order chi connectivity index (χ0) is 14.4. The number of aromatic amines is 1. The standard InChI is InChI=1S/C15H21FN2O/c1-14(2,3)9-15(4,5)18-12-7-6-10(16)8-11(12)17-13(18)19/h6-8H,9H2,1-5H3,(H,17,19). The zero-order valence-electron chi connectivity index (χ0n) is 12.2. The van der Waals surface area contributed by atoms with Gasteiger partial charge in [0.15, 0.2) is 0 Å². The Morgan fingerprint density at radius 3 is 2.42 bits per heavy atom. The minimum Gasteiger partial charge on any atom is -0.305 e. The van der Waals surface area contributed by atoms with Crippen LogP contribution in [0.15, 0.2) is 23.0 Å². The lowest BCUT2D eigenvalue weighted by Crippen LogP contribution is -2.37. The number of aromatic nitrogens is 2. The molecule has 0 radical (unpaired) electrons. The Bertz CT molecular complexity index is 659. The predicted molar refractivity (Wildman–Crippen MR) is 75.9 cm³/mol. The zero-order valence-corrected chi connectivity index (χ0v) is 12.2. The highest BCUT2D eigenvalue weighted by Crippen LogP contribution is 2.33. The first kappa shape index (κ1) is 13.8. The van der Waals surface area contributed by atoms with E-state index >= 15 is 0 Å². The van der Waals surface area contributed by atoms with E-state index in [0.29, 0.717) is 5.52 Å². The largest absolute Gasteiger partial charge is 0.326 e. The van der Waals surface area contributed by atoms with Crippen molar-refractivity contribution in [1.82, 2.24) is 9.55 Å². The minimum atomic E-state index is -0.338. The normalized spacial score (nSPS) is 13.2. The number of halogens is 1. The highest BCUT2D eigenvalue weighted by Gasteiger charge is 2.30. The molecule has 0 amide bonds. The average molecular weight is 264 g/mol. The van der Waals surface area contributed by atoms with Gasteiger partial charge in [-0.25, -0.2) is 9.18 Å². The number of nitrogens with one attached hydrogen (secondary N) is 1. The lowest BCUT2D eigenvalue weighted by atomic mass is 9.81. The molecule has 1 aromatic carbocycles. The summed E-state index contributed by atoms with van der Waals surface area (Å²) in [4.78, 5) is 14.9. The molecular weight excluding hydrogens is 243 g/mol. The molecule has 0 aliphatic rings. The van der Waals surface area contributed by atoms with Gasteiger partial charge in [-0.3, -0.25) is 4.57 Å². The van der Waals surface area contributed by atoms with Crippen LogP contribution in [0.25, 0.3) is 11.0 Å². The van der Waals surface area contributed by atoms with Gasteiger partial charge in [0.05, 0.1) is 11.0 Å². The summed E-state index contributed by atoms with van der Waals surface area (Å²) in [6.45, 7) is 10.5. The van der Waals surface area contributed by atoms with Crippen LogP contribution in [0, 0.1) is 11.2 Å². The molecule has 2 rings (SSSR count). The van der Waals surface area contributed by atoms with E-state index in [1.807, 2.05) is 13.8 Å². The van der Waals surface area contributed by atoms with Gasteiger partial charge in [-0.15, -0.1) is 0 Å². The Balaban J connectivity index is 2.62.